The Bertz CT molecular complexity index is 78.2. The first-order valence-electron chi connectivity index (χ1n) is 2.81. The molecule has 0 aliphatic heterocycles. The summed E-state index contributed by atoms with van der Waals surface area (Å²) in [6.07, 6.45) is 1.20. The van der Waals surface area contributed by atoms with Gasteiger partial charge < -0.3 is 0 Å². The Morgan fingerprint density at radius 2 is 1.86 bits per heavy atom. The van der Waals surface area contributed by atoms with E-state index in [0.29, 0.717) is 0 Å². The van der Waals surface area contributed by atoms with Crippen LogP contribution in [-0.4, -0.2) is 7.85 Å². The minimum absolute atomic E-state index is 1.20. The second-order valence-electron chi connectivity index (χ2n) is 2.13. The summed E-state index contributed by atoms with van der Waals surface area (Å²) in [5, 5.41) is 0. The van der Waals surface area contributed by atoms with Crippen molar-refractivity contribution in [1.82, 2.24) is 0 Å². The molecule has 0 unspecified atom stereocenters. The molecule has 0 aromatic carbocycles. The quantitative estimate of drug-likeness (QED) is 0.432. The average molecular weight is 96.0 g/mol. The zero-order valence-corrected chi connectivity index (χ0v) is 5.71. The van der Waals surface area contributed by atoms with Crippen LogP contribution in [0.25, 0.3) is 0 Å². The smallest absolute Gasteiger partial charge is 0.114 e. The van der Waals surface area contributed by atoms with Gasteiger partial charge in [0.25, 0.3) is 0 Å². The molecular formula is C6H13B. The monoisotopic (exact) mass is 96.1 g/mol. The highest BCUT2D eigenvalue weighted by molar-refractivity contribution is 6.21. The van der Waals surface area contributed by atoms with Gasteiger partial charge in [0, 0.05) is 0 Å². The van der Waals surface area contributed by atoms with Crippen molar-refractivity contribution in [1.29, 1.82) is 0 Å². The SMILES string of the molecule is B/C(C)=C(\C)CC. The van der Waals surface area contributed by atoms with E-state index in [4.69, 9.17) is 0 Å². The minimum atomic E-state index is 1.20. The van der Waals surface area contributed by atoms with E-state index >= 15 is 0 Å². The fraction of sp³-hybridized carbons (Fsp3) is 0.667. The van der Waals surface area contributed by atoms with E-state index in [9.17, 15) is 0 Å². The molecule has 0 atom stereocenters. The summed E-state index contributed by atoms with van der Waals surface area (Å²) in [5.74, 6) is 0. The first-order valence-corrected chi connectivity index (χ1v) is 2.81. The maximum Gasteiger partial charge on any atom is 0.133 e. The molecule has 1 heteroatoms. The Kier molecular flexibility index (Phi) is 2.81. The molecule has 0 fully saturated rings. The topological polar surface area (TPSA) is 0 Å². The summed E-state index contributed by atoms with van der Waals surface area (Å²) >= 11 is 0. The lowest BCUT2D eigenvalue weighted by molar-refractivity contribution is 1.08. The molecule has 0 aromatic rings. The van der Waals surface area contributed by atoms with Crippen LogP contribution in [0.4, 0.5) is 0 Å². The predicted octanol–water partition coefficient (Wildman–Crippen LogP) is 1.32. The fourth-order valence-electron chi connectivity index (χ4n) is 0.354. The van der Waals surface area contributed by atoms with E-state index < -0.39 is 0 Å². The van der Waals surface area contributed by atoms with Gasteiger partial charge in [-0.15, -0.1) is 5.47 Å². The fourth-order valence-corrected chi connectivity index (χ4v) is 0.354. The lowest BCUT2D eigenvalue weighted by Crippen LogP contribution is -1.78. The molecule has 0 aliphatic carbocycles. The highest BCUT2D eigenvalue weighted by atomic mass is 13.9. The van der Waals surface area contributed by atoms with Crippen molar-refractivity contribution in [2.24, 2.45) is 0 Å². The van der Waals surface area contributed by atoms with Gasteiger partial charge in [-0.2, -0.15) is 0 Å². The number of hydrogen-bond donors (Lipinski definition) is 0. The summed E-state index contributed by atoms with van der Waals surface area (Å²) in [5.41, 5.74) is 2.97. The lowest BCUT2D eigenvalue weighted by atomic mass is 9.92. The molecule has 0 heterocycles. The standard InChI is InChI=1S/C6H13B/c1-4-5(2)6(3)7/h4,7H2,1-3H3/b6-5+. The van der Waals surface area contributed by atoms with E-state index in [1.54, 1.807) is 0 Å². The van der Waals surface area contributed by atoms with E-state index in [1.807, 2.05) is 0 Å². The molecule has 7 heavy (non-hydrogen) atoms. The number of rotatable bonds is 1. The van der Waals surface area contributed by atoms with Crippen LogP contribution in [0.2, 0.25) is 0 Å². The van der Waals surface area contributed by atoms with Gasteiger partial charge in [-0.1, -0.05) is 19.4 Å². The third-order valence-electron chi connectivity index (χ3n) is 1.38. The van der Waals surface area contributed by atoms with Crippen molar-refractivity contribution in [3.63, 3.8) is 0 Å². The molecule has 40 valence electrons. The second-order valence-corrected chi connectivity index (χ2v) is 2.13. The Morgan fingerprint density at radius 3 is 1.86 bits per heavy atom. The Morgan fingerprint density at radius 1 is 1.43 bits per heavy atom. The van der Waals surface area contributed by atoms with Crippen LogP contribution in [0.5, 0.6) is 0 Å². The van der Waals surface area contributed by atoms with Gasteiger partial charge in [-0.05, 0) is 13.3 Å². The maximum absolute atomic E-state index is 2.18. The van der Waals surface area contributed by atoms with E-state index in [2.05, 4.69) is 28.6 Å². The third-order valence-corrected chi connectivity index (χ3v) is 1.38. The van der Waals surface area contributed by atoms with Crippen molar-refractivity contribution in [2.75, 3.05) is 0 Å². The third kappa shape index (κ3) is 2.49. The first-order chi connectivity index (χ1) is 3.18. The summed E-state index contributed by atoms with van der Waals surface area (Å²) in [7, 11) is 2.15. The van der Waals surface area contributed by atoms with Crippen LogP contribution in [-0.2, 0) is 0 Å². The maximum atomic E-state index is 2.18. The molecule has 0 aliphatic rings. The van der Waals surface area contributed by atoms with Gasteiger partial charge >= 0.3 is 0 Å². The molecule has 0 rings (SSSR count). The largest absolute Gasteiger partial charge is 0.133 e. The normalized spacial score (nSPS) is 13.6. The molecule has 0 saturated heterocycles. The molecule has 0 amide bonds. The Hall–Kier alpha value is -0.195. The number of hydrogen-bond acceptors (Lipinski definition) is 0. The summed E-state index contributed by atoms with van der Waals surface area (Å²) in [6.45, 7) is 6.51. The molecule has 0 saturated carbocycles. The van der Waals surface area contributed by atoms with Crippen LogP contribution in [0.1, 0.15) is 27.2 Å². The van der Waals surface area contributed by atoms with E-state index in [-0.39, 0.29) is 0 Å². The van der Waals surface area contributed by atoms with Crippen LogP contribution in [0.3, 0.4) is 0 Å². The molecule has 0 aromatic heterocycles. The van der Waals surface area contributed by atoms with Gasteiger partial charge in [0.2, 0.25) is 0 Å². The zero-order chi connectivity index (χ0) is 5.86. The van der Waals surface area contributed by atoms with Crippen LogP contribution < -0.4 is 0 Å². The molecule has 0 radical (unpaired) electrons. The first kappa shape index (κ1) is 6.80. The van der Waals surface area contributed by atoms with Crippen molar-refractivity contribution >= 4 is 7.85 Å². The zero-order valence-electron chi connectivity index (χ0n) is 5.71. The van der Waals surface area contributed by atoms with Gasteiger partial charge in [0.05, 0.1) is 0 Å². The van der Waals surface area contributed by atoms with Crippen molar-refractivity contribution in [2.45, 2.75) is 27.2 Å². The summed E-state index contributed by atoms with van der Waals surface area (Å²) in [4.78, 5) is 0. The van der Waals surface area contributed by atoms with Gasteiger partial charge in [-0.25, -0.2) is 0 Å². The summed E-state index contributed by atoms with van der Waals surface area (Å²) < 4.78 is 0. The van der Waals surface area contributed by atoms with Gasteiger partial charge in [0.1, 0.15) is 7.85 Å². The molecule has 0 spiro atoms. The van der Waals surface area contributed by atoms with Crippen molar-refractivity contribution < 1.29 is 0 Å². The van der Waals surface area contributed by atoms with Crippen molar-refractivity contribution in [3.8, 4) is 0 Å². The average Bonchev–Trinajstić information content (AvgIpc) is 1.65. The Balaban J connectivity index is 3.72. The molecule has 0 N–H and O–H groups in total. The number of allylic oxidation sites excluding steroid dienone is 2. The second kappa shape index (κ2) is 2.89. The van der Waals surface area contributed by atoms with Crippen molar-refractivity contribution in [3.05, 3.63) is 11.0 Å². The highest BCUT2D eigenvalue weighted by Crippen LogP contribution is 2.01. The molecule has 0 nitrogen and oxygen atoms in total. The van der Waals surface area contributed by atoms with Crippen LogP contribution in [0, 0.1) is 0 Å². The van der Waals surface area contributed by atoms with Gasteiger partial charge in [0.15, 0.2) is 0 Å². The predicted molar refractivity (Wildman–Crippen MR) is 37.2 cm³/mol. The molecular weight excluding hydrogens is 82.9 g/mol. The lowest BCUT2D eigenvalue weighted by Gasteiger charge is -1.94. The van der Waals surface area contributed by atoms with Crippen LogP contribution >= 0.6 is 0 Å². The van der Waals surface area contributed by atoms with E-state index in [1.165, 1.54) is 17.5 Å². The summed E-state index contributed by atoms with van der Waals surface area (Å²) in [6, 6.07) is 0. The minimum Gasteiger partial charge on any atom is -0.114 e. The van der Waals surface area contributed by atoms with E-state index in [0.717, 1.165) is 0 Å². The van der Waals surface area contributed by atoms with Crippen LogP contribution in [0.15, 0.2) is 11.0 Å². The van der Waals surface area contributed by atoms with Gasteiger partial charge in [-0.3, -0.25) is 0 Å². The molecule has 0 bridgehead atoms. The Labute approximate surface area is 47.0 Å². The highest BCUT2D eigenvalue weighted by Gasteiger charge is 1.83.